The molecule has 0 amide bonds. The molecule has 3 aliphatic carbocycles. The van der Waals surface area contributed by atoms with Crippen LogP contribution in [-0.2, 0) is 23.5 Å². The average Bonchev–Trinajstić information content (AvgIpc) is 2.55. The van der Waals surface area contributed by atoms with E-state index >= 15 is 0 Å². The fourth-order valence-corrected chi connectivity index (χ4v) is 8.19. The van der Waals surface area contributed by atoms with Crippen LogP contribution in [-0.4, -0.2) is 51.7 Å². The number of Topliss-reactive ketones (excluding diaryl/α,β-unsaturated/α-hetero) is 1. The van der Waals surface area contributed by atoms with Crippen LogP contribution < -0.4 is 0 Å². The third-order valence-corrected chi connectivity index (χ3v) is 13.8. The molecule has 2 fully saturated rings. The van der Waals surface area contributed by atoms with E-state index in [1.54, 1.807) is 6.92 Å². The summed E-state index contributed by atoms with van der Waals surface area (Å²) in [5.74, 6) is -0.242. The monoisotopic (exact) mass is 458 g/mol. The first kappa shape index (κ1) is 24.1. The lowest BCUT2D eigenvalue weighted by Gasteiger charge is -2.68. The van der Waals surface area contributed by atoms with Crippen molar-refractivity contribution in [3.63, 3.8) is 0 Å². The number of carbonyl (C=O) groups excluding carboxylic acids is 1. The Bertz CT molecular complexity index is 888. The summed E-state index contributed by atoms with van der Waals surface area (Å²) in [6.45, 7) is 16.5. The molecule has 0 radical (unpaired) electrons. The van der Waals surface area contributed by atoms with E-state index < -0.39 is 47.1 Å². The summed E-state index contributed by atoms with van der Waals surface area (Å²) < 4.78 is 36.3. The van der Waals surface area contributed by atoms with Gasteiger partial charge in [0, 0.05) is 23.7 Å². The van der Waals surface area contributed by atoms with Crippen LogP contribution in [0.15, 0.2) is 11.6 Å². The summed E-state index contributed by atoms with van der Waals surface area (Å²) in [5.41, 5.74) is -1.87. The number of rotatable bonds is 4. The molecule has 0 aliphatic heterocycles. The number of carbonyl (C=O) groups is 1. The van der Waals surface area contributed by atoms with Gasteiger partial charge < -0.3 is 9.53 Å². The summed E-state index contributed by atoms with van der Waals surface area (Å²) in [6, 6.07) is 0. The van der Waals surface area contributed by atoms with Gasteiger partial charge in [-0.1, -0.05) is 46.3 Å². The van der Waals surface area contributed by atoms with Gasteiger partial charge in [0.2, 0.25) is 0 Å². The van der Waals surface area contributed by atoms with Gasteiger partial charge in [0.05, 0.1) is 18.5 Å². The van der Waals surface area contributed by atoms with Crippen LogP contribution in [0, 0.1) is 16.7 Å². The number of fused-ring (bicyclic) bond motifs is 1. The van der Waals surface area contributed by atoms with Crippen LogP contribution in [0.1, 0.15) is 60.8 Å². The molecule has 172 valence electrons. The molecular weight excluding hydrogens is 420 g/mol. The molecule has 30 heavy (non-hydrogen) atoms. The number of aliphatic hydroxyl groups excluding tert-OH is 1. The lowest BCUT2D eigenvalue weighted by Crippen LogP contribution is -2.77. The van der Waals surface area contributed by atoms with Crippen molar-refractivity contribution in [1.29, 1.82) is 0 Å². The SMILES string of the molecule is CC1=CC[C@@]2(O[Si](C)(C)C(C)(C)C)C(=O)C[C@@]3(C)[C@@H](OS(C)(=O)=O)C[C@@H]1[C@]2(C)[C@@H]3O. The second-order valence-electron chi connectivity index (χ2n) is 11.7. The highest BCUT2D eigenvalue weighted by atomic mass is 32.2. The standard InChI is InChI=1S/C22H38O6SSi/c1-14-10-11-22(28-30(8,9)19(2,3)4)16(23)13-20(5)17(27-29(7,25)26)12-15(14)21(22,6)18(20)24/h10,15,17-18,24H,11-13H2,1-9H3/t15-,17-,18+,20-,21+,22+/m0/s1. The largest absolute Gasteiger partial charge is 0.403 e. The van der Waals surface area contributed by atoms with E-state index in [0.29, 0.717) is 12.8 Å². The third kappa shape index (κ3) is 3.20. The van der Waals surface area contributed by atoms with Gasteiger partial charge in [-0.3, -0.25) is 8.98 Å². The van der Waals surface area contributed by atoms with Crippen molar-refractivity contribution in [2.75, 3.05) is 6.26 Å². The molecule has 3 rings (SSSR count). The minimum Gasteiger partial charge on any atom is -0.403 e. The molecule has 0 unspecified atom stereocenters. The van der Waals surface area contributed by atoms with Crippen LogP contribution in [0.25, 0.3) is 0 Å². The fraction of sp³-hybridized carbons (Fsp3) is 0.864. The van der Waals surface area contributed by atoms with Gasteiger partial charge in [-0.2, -0.15) is 8.42 Å². The zero-order valence-electron chi connectivity index (χ0n) is 19.8. The normalized spacial score (nSPS) is 42.1. The zero-order valence-corrected chi connectivity index (χ0v) is 21.6. The van der Waals surface area contributed by atoms with E-state index in [9.17, 15) is 18.3 Å². The first-order valence-corrected chi connectivity index (χ1v) is 15.5. The molecule has 0 spiro atoms. The van der Waals surface area contributed by atoms with E-state index in [0.717, 1.165) is 11.8 Å². The van der Waals surface area contributed by atoms with Crippen LogP contribution in [0.5, 0.6) is 0 Å². The molecule has 1 N–H and O–H groups in total. The van der Waals surface area contributed by atoms with E-state index in [4.69, 9.17) is 8.61 Å². The highest BCUT2D eigenvalue weighted by Crippen LogP contribution is 2.67. The third-order valence-electron chi connectivity index (χ3n) is 8.75. The van der Waals surface area contributed by atoms with E-state index in [-0.39, 0.29) is 23.2 Å². The highest BCUT2D eigenvalue weighted by molar-refractivity contribution is 7.86. The van der Waals surface area contributed by atoms with Gasteiger partial charge in [-0.25, -0.2) is 0 Å². The Kier molecular flexibility index (Phi) is 5.41. The van der Waals surface area contributed by atoms with Crippen molar-refractivity contribution >= 4 is 24.2 Å². The zero-order chi connectivity index (χ0) is 23.1. The number of ketones is 1. The van der Waals surface area contributed by atoms with Gasteiger partial charge in [-0.15, -0.1) is 0 Å². The number of hydrogen-bond acceptors (Lipinski definition) is 6. The Labute approximate surface area is 182 Å². The second-order valence-corrected chi connectivity index (χ2v) is 18.0. The first-order chi connectivity index (χ1) is 13.3. The minimum atomic E-state index is -3.73. The highest BCUT2D eigenvalue weighted by Gasteiger charge is 2.74. The lowest BCUT2D eigenvalue weighted by molar-refractivity contribution is -0.252. The number of aliphatic hydroxyl groups is 1. The maximum atomic E-state index is 13.9. The van der Waals surface area contributed by atoms with E-state index in [1.807, 2.05) is 13.8 Å². The second kappa shape index (κ2) is 6.73. The molecule has 6 nitrogen and oxygen atoms in total. The maximum Gasteiger partial charge on any atom is 0.264 e. The maximum absolute atomic E-state index is 13.9. The van der Waals surface area contributed by atoms with Crippen molar-refractivity contribution in [1.82, 2.24) is 0 Å². The van der Waals surface area contributed by atoms with Crippen molar-refractivity contribution in [2.45, 2.75) is 96.7 Å². The number of allylic oxidation sites excluding steroid dienone is 1. The van der Waals surface area contributed by atoms with Gasteiger partial charge in [0.1, 0.15) is 5.60 Å². The molecule has 2 saturated carbocycles. The molecule has 0 aromatic rings. The molecule has 3 aliphatic rings. The van der Waals surface area contributed by atoms with Crippen molar-refractivity contribution < 1.29 is 26.9 Å². The summed E-state index contributed by atoms with van der Waals surface area (Å²) in [5, 5.41) is 11.7. The quantitative estimate of drug-likeness (QED) is 0.391. The Morgan fingerprint density at radius 2 is 1.80 bits per heavy atom. The number of hydrogen-bond donors (Lipinski definition) is 1. The smallest absolute Gasteiger partial charge is 0.264 e. The molecule has 0 aromatic carbocycles. The Balaban J connectivity index is 2.19. The van der Waals surface area contributed by atoms with Crippen molar-refractivity contribution in [3.8, 4) is 0 Å². The molecule has 0 saturated heterocycles. The van der Waals surface area contributed by atoms with Crippen molar-refractivity contribution in [3.05, 3.63) is 11.6 Å². The predicted octanol–water partition coefficient (Wildman–Crippen LogP) is 3.81. The molecular formula is C22H38O6SSi. The van der Waals surface area contributed by atoms with Crippen LogP contribution in [0.3, 0.4) is 0 Å². The Morgan fingerprint density at radius 1 is 1.23 bits per heavy atom. The topological polar surface area (TPSA) is 89.9 Å². The summed E-state index contributed by atoms with van der Waals surface area (Å²) in [6.07, 6.45) is 2.32. The van der Waals surface area contributed by atoms with E-state index in [2.05, 4.69) is 39.9 Å². The Morgan fingerprint density at radius 3 is 2.30 bits per heavy atom. The van der Waals surface area contributed by atoms with Crippen LogP contribution >= 0.6 is 0 Å². The van der Waals surface area contributed by atoms with Crippen molar-refractivity contribution in [2.24, 2.45) is 16.7 Å². The molecule has 0 heterocycles. The molecule has 0 aromatic heterocycles. The molecule has 2 bridgehead atoms. The van der Waals surface area contributed by atoms with Gasteiger partial charge in [0.25, 0.3) is 10.1 Å². The lowest BCUT2D eigenvalue weighted by atomic mass is 9.41. The van der Waals surface area contributed by atoms with Gasteiger partial charge in [0.15, 0.2) is 14.1 Å². The fourth-order valence-electron chi connectivity index (χ4n) is 5.88. The molecule has 8 heteroatoms. The Hall–Kier alpha value is -0.543. The van der Waals surface area contributed by atoms with Crippen LogP contribution in [0.2, 0.25) is 18.1 Å². The summed E-state index contributed by atoms with van der Waals surface area (Å²) >= 11 is 0. The van der Waals surface area contributed by atoms with Crippen LogP contribution in [0.4, 0.5) is 0 Å². The van der Waals surface area contributed by atoms with Gasteiger partial charge >= 0.3 is 0 Å². The summed E-state index contributed by atoms with van der Waals surface area (Å²) in [7, 11) is -6.08. The molecule has 6 atom stereocenters. The van der Waals surface area contributed by atoms with E-state index in [1.165, 1.54) is 0 Å². The first-order valence-electron chi connectivity index (χ1n) is 10.8. The minimum absolute atomic E-state index is 0.0399. The average molecular weight is 459 g/mol. The van der Waals surface area contributed by atoms with Gasteiger partial charge in [-0.05, 0) is 37.4 Å². The predicted molar refractivity (Wildman–Crippen MR) is 119 cm³/mol. The summed E-state index contributed by atoms with van der Waals surface area (Å²) in [4.78, 5) is 13.9.